The number of likely N-dealkylation sites (tertiary alicyclic amines) is 1. The molecule has 6 nitrogen and oxygen atoms in total. The standard InChI is InChI=1S/C18H25N3O3/c19-18(23)13-2-1-3-16(10-13)24-9-6-17(22)21-7-4-14-11-20-12-15(14)5-8-21/h1-3,10,14-15,20H,4-9,11-12H2,(H2,19,23)/t14-,15+. The van der Waals surface area contributed by atoms with Crippen LogP contribution in [0.15, 0.2) is 24.3 Å². The number of hydrogen-bond acceptors (Lipinski definition) is 4. The maximum Gasteiger partial charge on any atom is 0.248 e. The molecule has 2 fully saturated rings. The van der Waals surface area contributed by atoms with E-state index in [2.05, 4.69) is 5.32 Å². The highest BCUT2D eigenvalue weighted by atomic mass is 16.5. The molecule has 1 aromatic rings. The Morgan fingerprint density at radius 3 is 2.58 bits per heavy atom. The third-order valence-corrected chi connectivity index (χ3v) is 5.08. The highest BCUT2D eigenvalue weighted by Crippen LogP contribution is 2.27. The van der Waals surface area contributed by atoms with Crippen LogP contribution in [0.25, 0.3) is 0 Å². The molecule has 2 heterocycles. The van der Waals surface area contributed by atoms with Crippen LogP contribution in [0.1, 0.15) is 29.6 Å². The molecule has 2 atom stereocenters. The summed E-state index contributed by atoms with van der Waals surface area (Å²) in [5, 5.41) is 3.44. The largest absolute Gasteiger partial charge is 0.493 e. The smallest absolute Gasteiger partial charge is 0.248 e. The van der Waals surface area contributed by atoms with Crippen molar-refractivity contribution in [3.63, 3.8) is 0 Å². The van der Waals surface area contributed by atoms with E-state index < -0.39 is 5.91 Å². The van der Waals surface area contributed by atoms with Crippen molar-refractivity contribution < 1.29 is 14.3 Å². The Hall–Kier alpha value is -2.08. The molecule has 3 N–H and O–H groups in total. The normalized spacial score (nSPS) is 23.4. The van der Waals surface area contributed by atoms with Crippen LogP contribution in [0.3, 0.4) is 0 Å². The minimum absolute atomic E-state index is 0.147. The summed E-state index contributed by atoms with van der Waals surface area (Å²) in [6.07, 6.45) is 2.53. The molecule has 1 aromatic carbocycles. The molecule has 3 rings (SSSR count). The summed E-state index contributed by atoms with van der Waals surface area (Å²) in [6.45, 7) is 4.18. The van der Waals surface area contributed by atoms with Crippen LogP contribution in [0.4, 0.5) is 0 Å². The zero-order valence-corrected chi connectivity index (χ0v) is 13.9. The summed E-state index contributed by atoms with van der Waals surface area (Å²) in [7, 11) is 0. The number of fused-ring (bicyclic) bond motifs is 1. The van der Waals surface area contributed by atoms with Gasteiger partial charge in [-0.2, -0.15) is 0 Å². The molecule has 0 aliphatic carbocycles. The summed E-state index contributed by atoms with van der Waals surface area (Å²) < 4.78 is 5.60. The summed E-state index contributed by atoms with van der Waals surface area (Å²) in [5.41, 5.74) is 5.66. The van der Waals surface area contributed by atoms with Crippen LogP contribution in [0.5, 0.6) is 5.75 Å². The van der Waals surface area contributed by atoms with E-state index in [0.717, 1.165) is 50.9 Å². The van der Waals surface area contributed by atoms with Gasteiger partial charge in [0.25, 0.3) is 0 Å². The van der Waals surface area contributed by atoms with Crippen LogP contribution in [0.2, 0.25) is 0 Å². The number of nitrogens with one attached hydrogen (secondary N) is 1. The second-order valence-electron chi connectivity index (χ2n) is 6.63. The number of primary amides is 1. The van der Waals surface area contributed by atoms with E-state index in [1.807, 2.05) is 4.90 Å². The number of benzene rings is 1. The first kappa shape index (κ1) is 16.8. The van der Waals surface area contributed by atoms with Crippen molar-refractivity contribution in [2.75, 3.05) is 32.8 Å². The van der Waals surface area contributed by atoms with E-state index in [-0.39, 0.29) is 5.91 Å². The summed E-state index contributed by atoms with van der Waals surface area (Å²) in [6, 6.07) is 6.73. The lowest BCUT2D eigenvalue weighted by Crippen LogP contribution is -2.33. The number of carbonyl (C=O) groups excluding carboxylic acids is 2. The second-order valence-corrected chi connectivity index (χ2v) is 6.63. The van der Waals surface area contributed by atoms with E-state index in [9.17, 15) is 9.59 Å². The molecule has 0 radical (unpaired) electrons. The lowest BCUT2D eigenvalue weighted by Gasteiger charge is -2.21. The SMILES string of the molecule is NC(=O)c1cccc(OCCC(=O)N2CC[C@@H]3CNC[C@@H]3CC2)c1. The topological polar surface area (TPSA) is 84.7 Å². The molecule has 0 saturated carbocycles. The fourth-order valence-corrected chi connectivity index (χ4v) is 3.62. The van der Waals surface area contributed by atoms with Crippen molar-refractivity contribution in [1.29, 1.82) is 0 Å². The Morgan fingerprint density at radius 2 is 1.92 bits per heavy atom. The predicted octanol–water partition coefficient (Wildman–Crippen LogP) is 1.01. The number of carbonyl (C=O) groups is 2. The summed E-state index contributed by atoms with van der Waals surface area (Å²) in [5.74, 6) is 1.66. The van der Waals surface area contributed by atoms with E-state index in [0.29, 0.717) is 24.3 Å². The number of ether oxygens (including phenoxy) is 1. The van der Waals surface area contributed by atoms with E-state index in [1.54, 1.807) is 24.3 Å². The van der Waals surface area contributed by atoms with E-state index in [1.165, 1.54) is 0 Å². The number of rotatable bonds is 5. The van der Waals surface area contributed by atoms with Gasteiger partial charge in [-0.25, -0.2) is 0 Å². The molecule has 2 aliphatic heterocycles. The van der Waals surface area contributed by atoms with Gasteiger partial charge in [0, 0.05) is 18.7 Å². The van der Waals surface area contributed by atoms with Crippen LogP contribution < -0.4 is 15.8 Å². The van der Waals surface area contributed by atoms with Gasteiger partial charge < -0.3 is 20.7 Å². The molecule has 0 unspecified atom stereocenters. The Balaban J connectivity index is 1.45. The molecule has 2 saturated heterocycles. The van der Waals surface area contributed by atoms with Crippen molar-refractivity contribution >= 4 is 11.8 Å². The molecular formula is C18H25N3O3. The number of nitrogens with zero attached hydrogens (tertiary/aromatic N) is 1. The van der Waals surface area contributed by atoms with E-state index >= 15 is 0 Å². The van der Waals surface area contributed by atoms with Crippen molar-refractivity contribution in [2.45, 2.75) is 19.3 Å². The van der Waals surface area contributed by atoms with Crippen molar-refractivity contribution in [3.05, 3.63) is 29.8 Å². The maximum atomic E-state index is 12.4. The number of amides is 2. The first-order valence-electron chi connectivity index (χ1n) is 8.64. The molecule has 6 heteroatoms. The third-order valence-electron chi connectivity index (χ3n) is 5.08. The van der Waals surface area contributed by atoms with Gasteiger partial charge in [0.2, 0.25) is 11.8 Å². The summed E-state index contributed by atoms with van der Waals surface area (Å²) in [4.78, 5) is 25.5. The minimum Gasteiger partial charge on any atom is -0.493 e. The minimum atomic E-state index is -0.485. The molecule has 0 spiro atoms. The quantitative estimate of drug-likeness (QED) is 0.843. The third kappa shape index (κ3) is 4.06. The van der Waals surface area contributed by atoms with Crippen LogP contribution in [-0.2, 0) is 4.79 Å². The van der Waals surface area contributed by atoms with Gasteiger partial charge in [-0.3, -0.25) is 9.59 Å². The zero-order valence-electron chi connectivity index (χ0n) is 13.9. The van der Waals surface area contributed by atoms with Gasteiger partial charge >= 0.3 is 0 Å². The molecule has 24 heavy (non-hydrogen) atoms. The first-order valence-corrected chi connectivity index (χ1v) is 8.64. The Labute approximate surface area is 142 Å². The van der Waals surface area contributed by atoms with Gasteiger partial charge in [0.1, 0.15) is 5.75 Å². The molecule has 130 valence electrons. The van der Waals surface area contributed by atoms with Gasteiger partial charge in [-0.15, -0.1) is 0 Å². The van der Waals surface area contributed by atoms with Crippen molar-refractivity contribution in [2.24, 2.45) is 17.6 Å². The number of nitrogens with two attached hydrogens (primary N) is 1. The Morgan fingerprint density at radius 1 is 1.21 bits per heavy atom. The lowest BCUT2D eigenvalue weighted by molar-refractivity contribution is -0.131. The van der Waals surface area contributed by atoms with Crippen LogP contribution >= 0.6 is 0 Å². The summed E-state index contributed by atoms with van der Waals surface area (Å²) >= 11 is 0. The second kappa shape index (κ2) is 7.66. The number of hydrogen-bond donors (Lipinski definition) is 2. The van der Waals surface area contributed by atoms with Crippen LogP contribution in [-0.4, -0.2) is 49.5 Å². The highest BCUT2D eigenvalue weighted by molar-refractivity contribution is 5.93. The Bertz CT molecular complexity index is 591. The molecule has 0 bridgehead atoms. The highest BCUT2D eigenvalue weighted by Gasteiger charge is 2.31. The van der Waals surface area contributed by atoms with Gasteiger partial charge in [-0.1, -0.05) is 6.07 Å². The van der Waals surface area contributed by atoms with Crippen molar-refractivity contribution in [3.8, 4) is 5.75 Å². The average molecular weight is 331 g/mol. The van der Waals surface area contributed by atoms with Gasteiger partial charge in [-0.05, 0) is 56.0 Å². The zero-order chi connectivity index (χ0) is 16.9. The Kier molecular flexibility index (Phi) is 5.35. The van der Waals surface area contributed by atoms with E-state index in [4.69, 9.17) is 10.5 Å². The van der Waals surface area contributed by atoms with Gasteiger partial charge in [0.05, 0.1) is 13.0 Å². The van der Waals surface area contributed by atoms with Crippen molar-refractivity contribution in [1.82, 2.24) is 10.2 Å². The molecule has 0 aromatic heterocycles. The molecule has 2 amide bonds. The van der Waals surface area contributed by atoms with Gasteiger partial charge in [0.15, 0.2) is 0 Å². The molecular weight excluding hydrogens is 306 g/mol. The molecule has 2 aliphatic rings. The average Bonchev–Trinajstić information content (AvgIpc) is 2.93. The fraction of sp³-hybridized carbons (Fsp3) is 0.556. The van der Waals surface area contributed by atoms with Crippen LogP contribution in [0, 0.1) is 11.8 Å². The lowest BCUT2D eigenvalue weighted by atomic mass is 9.92. The first-order chi connectivity index (χ1) is 11.6. The maximum absolute atomic E-state index is 12.4. The monoisotopic (exact) mass is 331 g/mol. The fourth-order valence-electron chi connectivity index (χ4n) is 3.62. The predicted molar refractivity (Wildman–Crippen MR) is 90.7 cm³/mol.